The molecule has 7 N–H and O–H groups in total. The van der Waals surface area contributed by atoms with Crippen LogP contribution in [0.2, 0.25) is 0 Å². The lowest BCUT2D eigenvalue weighted by Gasteiger charge is -2.17. The van der Waals surface area contributed by atoms with Crippen LogP contribution in [-0.4, -0.2) is 63.8 Å². The second kappa shape index (κ2) is 20.2. The van der Waals surface area contributed by atoms with Crippen LogP contribution in [0.1, 0.15) is 103 Å². The van der Waals surface area contributed by atoms with Gasteiger partial charge in [0.15, 0.2) is 0 Å². The molecular formula is C24H45N3O7. The smallest absolute Gasteiger partial charge is 0.326 e. The molecule has 0 radical (unpaired) electrons. The second-order valence-corrected chi connectivity index (χ2v) is 8.90. The van der Waals surface area contributed by atoms with Crippen LogP contribution in [0.4, 0.5) is 0 Å². The number of nitrogens with two attached hydrogens (primary N) is 1. The maximum atomic E-state index is 12.1. The van der Waals surface area contributed by atoms with Crippen LogP contribution in [0.25, 0.3) is 0 Å². The lowest BCUT2D eigenvalue weighted by molar-refractivity contribution is -0.143. The fraction of sp³-hybridized carbons (Fsp3) is 0.833. The second-order valence-electron chi connectivity index (χ2n) is 8.90. The number of hydrogen-bond donors (Lipinski definition) is 6. The van der Waals surface area contributed by atoms with E-state index in [0.717, 1.165) is 19.3 Å². The Morgan fingerprint density at radius 3 is 1.71 bits per heavy atom. The van der Waals surface area contributed by atoms with Crippen molar-refractivity contribution in [1.29, 1.82) is 0 Å². The topological polar surface area (TPSA) is 179 Å². The number of amides is 1. The zero-order valence-corrected chi connectivity index (χ0v) is 20.6. The van der Waals surface area contributed by atoms with E-state index in [4.69, 9.17) is 10.8 Å². The van der Waals surface area contributed by atoms with E-state index in [-0.39, 0.29) is 32.1 Å². The van der Waals surface area contributed by atoms with E-state index >= 15 is 0 Å². The summed E-state index contributed by atoms with van der Waals surface area (Å²) in [5, 5.41) is 32.8. The molecule has 0 aromatic carbocycles. The number of rotatable bonds is 23. The third-order valence-electron chi connectivity index (χ3n) is 5.84. The van der Waals surface area contributed by atoms with Gasteiger partial charge >= 0.3 is 17.9 Å². The SMILES string of the molecule is CCCCCCCCCCCCN[C@H](CCC(=O)NC(CCCC(N)C(=O)O)C(=O)O)C(=O)O. The van der Waals surface area contributed by atoms with Crippen molar-refractivity contribution >= 4 is 23.8 Å². The first-order valence-corrected chi connectivity index (χ1v) is 12.7. The van der Waals surface area contributed by atoms with Gasteiger partial charge < -0.3 is 31.7 Å². The number of carbonyl (C=O) groups is 4. The number of carbonyl (C=O) groups excluding carboxylic acids is 1. The molecule has 2 unspecified atom stereocenters. The van der Waals surface area contributed by atoms with Gasteiger partial charge in [-0.15, -0.1) is 0 Å². The average Bonchev–Trinajstić information content (AvgIpc) is 2.78. The Kier molecular flexibility index (Phi) is 18.9. The molecule has 10 nitrogen and oxygen atoms in total. The summed E-state index contributed by atoms with van der Waals surface area (Å²) in [6.45, 7) is 2.76. The molecule has 0 saturated carbocycles. The average molecular weight is 488 g/mol. The van der Waals surface area contributed by atoms with Gasteiger partial charge in [-0.05, 0) is 38.6 Å². The van der Waals surface area contributed by atoms with E-state index in [2.05, 4.69) is 17.6 Å². The van der Waals surface area contributed by atoms with E-state index in [1.54, 1.807) is 0 Å². The van der Waals surface area contributed by atoms with Crippen LogP contribution < -0.4 is 16.4 Å². The van der Waals surface area contributed by atoms with Crippen LogP contribution in [0.3, 0.4) is 0 Å². The molecule has 0 heterocycles. The highest BCUT2D eigenvalue weighted by molar-refractivity contribution is 5.84. The molecule has 0 rings (SSSR count). The van der Waals surface area contributed by atoms with Gasteiger partial charge in [-0.3, -0.25) is 14.4 Å². The van der Waals surface area contributed by atoms with Gasteiger partial charge in [0.05, 0.1) is 0 Å². The maximum Gasteiger partial charge on any atom is 0.326 e. The van der Waals surface area contributed by atoms with E-state index in [0.29, 0.717) is 6.54 Å². The van der Waals surface area contributed by atoms with Gasteiger partial charge in [0, 0.05) is 6.42 Å². The summed E-state index contributed by atoms with van der Waals surface area (Å²) in [6.07, 6.45) is 12.2. The van der Waals surface area contributed by atoms with Crippen LogP contribution in [0, 0.1) is 0 Å². The minimum absolute atomic E-state index is 0.0431. The molecule has 0 bridgehead atoms. The Morgan fingerprint density at radius 2 is 1.21 bits per heavy atom. The third-order valence-corrected chi connectivity index (χ3v) is 5.84. The minimum Gasteiger partial charge on any atom is -0.480 e. The molecule has 10 heteroatoms. The number of unbranched alkanes of at least 4 members (excludes halogenated alkanes) is 9. The zero-order valence-electron chi connectivity index (χ0n) is 20.6. The molecule has 1 amide bonds. The van der Waals surface area contributed by atoms with Gasteiger partial charge in [0.2, 0.25) is 5.91 Å². The Balaban J connectivity index is 4.10. The molecule has 198 valence electrons. The predicted molar refractivity (Wildman–Crippen MR) is 130 cm³/mol. The lowest BCUT2D eigenvalue weighted by Crippen LogP contribution is -2.43. The molecule has 0 fully saturated rings. The molecule has 34 heavy (non-hydrogen) atoms. The first kappa shape index (κ1) is 31.8. The zero-order chi connectivity index (χ0) is 25.8. The minimum atomic E-state index is -1.23. The normalized spacial score (nSPS) is 13.7. The summed E-state index contributed by atoms with van der Waals surface area (Å²) in [4.78, 5) is 45.7. The predicted octanol–water partition coefficient (Wildman–Crippen LogP) is 2.88. The fourth-order valence-electron chi connectivity index (χ4n) is 3.67. The van der Waals surface area contributed by atoms with Gasteiger partial charge in [-0.2, -0.15) is 0 Å². The highest BCUT2D eigenvalue weighted by Gasteiger charge is 2.23. The van der Waals surface area contributed by atoms with Crippen LogP contribution >= 0.6 is 0 Å². The molecule has 0 spiro atoms. The van der Waals surface area contributed by atoms with Gasteiger partial charge in [-0.1, -0.05) is 64.7 Å². The first-order valence-electron chi connectivity index (χ1n) is 12.7. The highest BCUT2D eigenvalue weighted by Crippen LogP contribution is 2.10. The summed E-state index contributed by atoms with van der Waals surface area (Å²) in [6, 6.07) is -3.12. The van der Waals surface area contributed by atoms with E-state index in [1.807, 2.05) is 0 Å². The third kappa shape index (κ3) is 17.3. The van der Waals surface area contributed by atoms with Crippen molar-refractivity contribution < 1.29 is 34.5 Å². The molecule has 0 aliphatic carbocycles. The van der Waals surface area contributed by atoms with Crippen molar-refractivity contribution in [1.82, 2.24) is 10.6 Å². The van der Waals surface area contributed by atoms with E-state index in [1.165, 1.54) is 44.9 Å². The van der Waals surface area contributed by atoms with Crippen molar-refractivity contribution in [3.63, 3.8) is 0 Å². The number of hydrogen-bond acceptors (Lipinski definition) is 6. The Labute approximate surface area is 203 Å². The molecule has 0 aliphatic heterocycles. The number of carboxylic acid groups (broad SMARTS) is 3. The fourth-order valence-corrected chi connectivity index (χ4v) is 3.67. The van der Waals surface area contributed by atoms with Crippen LogP contribution in [0.5, 0.6) is 0 Å². The van der Waals surface area contributed by atoms with Gasteiger partial charge in [-0.25, -0.2) is 4.79 Å². The maximum absolute atomic E-state index is 12.1. The van der Waals surface area contributed by atoms with Crippen LogP contribution in [-0.2, 0) is 19.2 Å². The quantitative estimate of drug-likeness (QED) is 0.118. The van der Waals surface area contributed by atoms with Gasteiger partial charge in [0.25, 0.3) is 0 Å². The number of carboxylic acids is 3. The Hall–Kier alpha value is -2.20. The van der Waals surface area contributed by atoms with E-state index in [9.17, 15) is 29.4 Å². The van der Waals surface area contributed by atoms with Crippen molar-refractivity contribution in [3.05, 3.63) is 0 Å². The standard InChI is InChI=1S/C24H45N3O7/c1-2-3-4-5-6-7-8-9-10-11-17-26-19(23(31)32)15-16-21(28)27-20(24(33)34)14-12-13-18(25)22(29)30/h18-20,26H,2-17,25H2,1H3,(H,27,28)(H,29,30)(H,31,32)(H,33,34)/t18?,19-,20?/m1/s1. The van der Waals surface area contributed by atoms with Crippen LogP contribution in [0.15, 0.2) is 0 Å². The molecule has 0 saturated heterocycles. The molecule has 0 aromatic rings. The Bertz CT molecular complexity index is 601. The number of aliphatic carboxylic acids is 3. The summed E-state index contributed by atoms with van der Waals surface area (Å²) in [5.41, 5.74) is 5.39. The Morgan fingerprint density at radius 1 is 0.676 bits per heavy atom. The summed E-state index contributed by atoms with van der Waals surface area (Å²) >= 11 is 0. The number of nitrogens with one attached hydrogen (secondary N) is 2. The molecule has 3 atom stereocenters. The van der Waals surface area contributed by atoms with Crippen molar-refractivity contribution in [2.75, 3.05) is 6.54 Å². The highest BCUT2D eigenvalue weighted by atomic mass is 16.4. The van der Waals surface area contributed by atoms with Crippen molar-refractivity contribution in [2.24, 2.45) is 5.73 Å². The summed E-state index contributed by atoms with van der Waals surface area (Å²) in [5.74, 6) is -3.99. The first-order chi connectivity index (χ1) is 16.2. The molecule has 0 aromatic heterocycles. The van der Waals surface area contributed by atoms with Crippen molar-refractivity contribution in [3.8, 4) is 0 Å². The van der Waals surface area contributed by atoms with Gasteiger partial charge in [0.1, 0.15) is 18.1 Å². The molecular weight excluding hydrogens is 442 g/mol. The molecule has 0 aliphatic rings. The summed E-state index contributed by atoms with van der Waals surface area (Å²) < 4.78 is 0. The lowest BCUT2D eigenvalue weighted by atomic mass is 10.0. The monoisotopic (exact) mass is 487 g/mol. The van der Waals surface area contributed by atoms with E-state index < -0.39 is 41.9 Å². The summed E-state index contributed by atoms with van der Waals surface area (Å²) in [7, 11) is 0. The van der Waals surface area contributed by atoms with Crippen molar-refractivity contribution in [2.45, 2.75) is 121 Å². The largest absolute Gasteiger partial charge is 0.480 e.